The van der Waals surface area contributed by atoms with Crippen molar-refractivity contribution in [2.45, 2.75) is 6.54 Å². The maximum absolute atomic E-state index is 11.9. The van der Waals surface area contributed by atoms with Crippen molar-refractivity contribution >= 4 is 11.6 Å². The van der Waals surface area contributed by atoms with Crippen LogP contribution in [-0.4, -0.2) is 25.3 Å². The smallest absolute Gasteiger partial charge is 0.350 e. The van der Waals surface area contributed by atoms with Gasteiger partial charge in [0.2, 0.25) is 0 Å². The standard InChI is InChI=1S/C14H11N3O3/c18-13(19)9-17-14(20)16-7-6-11(8-12(16)15-17)10-4-2-1-3-5-10/h1-8H,9H2,(H,18,19). The molecule has 3 rings (SSSR count). The van der Waals surface area contributed by atoms with Crippen LogP contribution in [0.2, 0.25) is 0 Å². The molecule has 0 fully saturated rings. The lowest BCUT2D eigenvalue weighted by atomic mass is 10.1. The zero-order chi connectivity index (χ0) is 14.1. The lowest BCUT2D eigenvalue weighted by molar-refractivity contribution is -0.137. The van der Waals surface area contributed by atoms with Gasteiger partial charge < -0.3 is 5.11 Å². The molecule has 0 aliphatic carbocycles. The molecule has 20 heavy (non-hydrogen) atoms. The van der Waals surface area contributed by atoms with Crippen LogP contribution < -0.4 is 5.69 Å². The monoisotopic (exact) mass is 269 g/mol. The summed E-state index contributed by atoms with van der Waals surface area (Å²) in [5, 5.41) is 12.8. The topological polar surface area (TPSA) is 76.6 Å². The molecule has 0 amide bonds. The lowest BCUT2D eigenvalue weighted by Crippen LogP contribution is -2.24. The molecular weight excluding hydrogens is 258 g/mol. The van der Waals surface area contributed by atoms with Crippen molar-refractivity contribution in [1.82, 2.24) is 14.2 Å². The highest BCUT2D eigenvalue weighted by Crippen LogP contribution is 2.19. The van der Waals surface area contributed by atoms with E-state index in [0.717, 1.165) is 15.8 Å². The highest BCUT2D eigenvalue weighted by Gasteiger charge is 2.10. The fourth-order valence-electron chi connectivity index (χ4n) is 2.06. The number of carbonyl (C=O) groups is 1. The zero-order valence-electron chi connectivity index (χ0n) is 10.4. The van der Waals surface area contributed by atoms with E-state index in [9.17, 15) is 9.59 Å². The van der Waals surface area contributed by atoms with E-state index < -0.39 is 18.2 Å². The number of hydrogen-bond donors (Lipinski definition) is 1. The molecule has 0 saturated heterocycles. The average Bonchev–Trinajstić information content (AvgIpc) is 2.75. The van der Waals surface area contributed by atoms with E-state index in [1.54, 1.807) is 18.3 Å². The normalized spacial score (nSPS) is 10.8. The van der Waals surface area contributed by atoms with E-state index in [2.05, 4.69) is 5.10 Å². The number of aromatic nitrogens is 3. The second kappa shape index (κ2) is 4.65. The molecule has 0 bridgehead atoms. The maximum Gasteiger partial charge on any atom is 0.350 e. The summed E-state index contributed by atoms with van der Waals surface area (Å²) >= 11 is 0. The Morgan fingerprint density at radius 3 is 2.60 bits per heavy atom. The summed E-state index contributed by atoms with van der Waals surface area (Å²) in [6, 6.07) is 13.2. The van der Waals surface area contributed by atoms with Gasteiger partial charge in [-0.15, -0.1) is 5.10 Å². The Hall–Kier alpha value is -2.89. The number of pyridine rings is 1. The predicted molar refractivity (Wildman–Crippen MR) is 72.5 cm³/mol. The Kier molecular flexibility index (Phi) is 2.83. The number of hydrogen-bond acceptors (Lipinski definition) is 3. The van der Waals surface area contributed by atoms with Gasteiger partial charge in [0.1, 0.15) is 6.54 Å². The Morgan fingerprint density at radius 2 is 1.90 bits per heavy atom. The van der Waals surface area contributed by atoms with Crippen LogP contribution in [0.4, 0.5) is 0 Å². The summed E-state index contributed by atoms with van der Waals surface area (Å²) < 4.78 is 2.27. The molecule has 2 heterocycles. The van der Waals surface area contributed by atoms with Gasteiger partial charge in [0, 0.05) is 6.20 Å². The molecule has 0 atom stereocenters. The van der Waals surface area contributed by atoms with Crippen LogP contribution >= 0.6 is 0 Å². The first kappa shape index (κ1) is 12.2. The largest absolute Gasteiger partial charge is 0.480 e. The molecule has 2 aromatic heterocycles. The summed E-state index contributed by atoms with van der Waals surface area (Å²) in [4.78, 5) is 22.6. The van der Waals surface area contributed by atoms with Crippen LogP contribution in [0.3, 0.4) is 0 Å². The van der Waals surface area contributed by atoms with Crippen molar-refractivity contribution in [3.63, 3.8) is 0 Å². The molecular formula is C14H11N3O3. The number of benzene rings is 1. The molecule has 0 aliphatic rings. The third-order valence-electron chi connectivity index (χ3n) is 2.98. The van der Waals surface area contributed by atoms with Gasteiger partial charge in [-0.05, 0) is 23.3 Å². The van der Waals surface area contributed by atoms with Crippen LogP contribution in [0, 0.1) is 0 Å². The van der Waals surface area contributed by atoms with Gasteiger partial charge >= 0.3 is 11.7 Å². The third-order valence-corrected chi connectivity index (χ3v) is 2.98. The van der Waals surface area contributed by atoms with Crippen molar-refractivity contribution in [3.8, 4) is 11.1 Å². The summed E-state index contributed by atoms with van der Waals surface area (Å²) in [6.07, 6.45) is 1.60. The fraction of sp³-hybridized carbons (Fsp3) is 0.0714. The van der Waals surface area contributed by atoms with Crippen molar-refractivity contribution in [3.05, 3.63) is 59.1 Å². The molecule has 0 unspecified atom stereocenters. The van der Waals surface area contributed by atoms with Gasteiger partial charge in [-0.3, -0.25) is 9.20 Å². The van der Waals surface area contributed by atoms with E-state index in [1.807, 2.05) is 30.3 Å². The highest BCUT2D eigenvalue weighted by atomic mass is 16.4. The van der Waals surface area contributed by atoms with E-state index in [-0.39, 0.29) is 0 Å². The number of nitrogens with zero attached hydrogens (tertiary/aromatic N) is 3. The first-order valence-electron chi connectivity index (χ1n) is 6.01. The van der Waals surface area contributed by atoms with Gasteiger partial charge in [0.25, 0.3) is 0 Å². The summed E-state index contributed by atoms with van der Waals surface area (Å²) in [5.74, 6) is -1.10. The van der Waals surface area contributed by atoms with E-state index in [1.165, 1.54) is 4.40 Å². The zero-order valence-corrected chi connectivity index (χ0v) is 10.4. The minimum Gasteiger partial charge on any atom is -0.480 e. The van der Waals surface area contributed by atoms with Crippen molar-refractivity contribution in [2.24, 2.45) is 0 Å². The average molecular weight is 269 g/mol. The number of aliphatic carboxylic acids is 1. The fourth-order valence-corrected chi connectivity index (χ4v) is 2.06. The summed E-state index contributed by atoms with van der Waals surface area (Å²) in [5.41, 5.74) is 1.90. The van der Waals surface area contributed by atoms with Gasteiger partial charge in [0.15, 0.2) is 5.65 Å². The van der Waals surface area contributed by atoms with Crippen LogP contribution in [0.1, 0.15) is 0 Å². The molecule has 100 valence electrons. The minimum absolute atomic E-state index is 0.428. The molecule has 3 aromatic rings. The lowest BCUT2D eigenvalue weighted by Gasteiger charge is -2.00. The Morgan fingerprint density at radius 1 is 1.15 bits per heavy atom. The quantitative estimate of drug-likeness (QED) is 0.776. The first-order chi connectivity index (χ1) is 9.65. The molecule has 1 aromatic carbocycles. The maximum atomic E-state index is 11.9. The van der Waals surface area contributed by atoms with Crippen LogP contribution in [-0.2, 0) is 11.3 Å². The Labute approximate surface area is 113 Å². The van der Waals surface area contributed by atoms with Crippen molar-refractivity contribution in [2.75, 3.05) is 0 Å². The molecule has 1 N–H and O–H groups in total. The third kappa shape index (κ3) is 2.07. The van der Waals surface area contributed by atoms with Gasteiger partial charge in [-0.25, -0.2) is 9.48 Å². The van der Waals surface area contributed by atoms with E-state index in [0.29, 0.717) is 5.65 Å². The van der Waals surface area contributed by atoms with Gasteiger partial charge in [-0.2, -0.15) is 0 Å². The SMILES string of the molecule is O=C(O)Cn1nc2cc(-c3ccccc3)ccn2c1=O. The number of carboxylic acid groups (broad SMARTS) is 1. The molecule has 0 saturated carbocycles. The Balaban J connectivity index is 2.13. The minimum atomic E-state index is -1.10. The van der Waals surface area contributed by atoms with Gasteiger partial charge in [0.05, 0.1) is 0 Å². The molecule has 0 aliphatic heterocycles. The summed E-state index contributed by atoms with van der Waals surface area (Å²) in [7, 11) is 0. The van der Waals surface area contributed by atoms with Crippen LogP contribution in [0.15, 0.2) is 53.5 Å². The molecule has 6 heteroatoms. The number of fused-ring (bicyclic) bond motifs is 1. The van der Waals surface area contributed by atoms with Crippen molar-refractivity contribution < 1.29 is 9.90 Å². The summed E-state index contributed by atoms with van der Waals surface area (Å²) in [6.45, 7) is -0.443. The van der Waals surface area contributed by atoms with Crippen molar-refractivity contribution in [1.29, 1.82) is 0 Å². The highest BCUT2D eigenvalue weighted by molar-refractivity contribution is 5.68. The second-order valence-corrected chi connectivity index (χ2v) is 4.34. The van der Waals surface area contributed by atoms with Crippen LogP contribution in [0.25, 0.3) is 16.8 Å². The molecule has 0 spiro atoms. The Bertz CT molecular complexity index is 834. The van der Waals surface area contributed by atoms with Crippen LogP contribution in [0.5, 0.6) is 0 Å². The second-order valence-electron chi connectivity index (χ2n) is 4.34. The van der Waals surface area contributed by atoms with E-state index in [4.69, 9.17) is 5.11 Å². The molecule has 0 radical (unpaired) electrons. The number of rotatable bonds is 3. The first-order valence-corrected chi connectivity index (χ1v) is 6.01. The van der Waals surface area contributed by atoms with E-state index >= 15 is 0 Å². The number of carboxylic acids is 1. The predicted octanol–water partition coefficient (Wildman–Crippen LogP) is 1.25. The van der Waals surface area contributed by atoms with Gasteiger partial charge in [-0.1, -0.05) is 30.3 Å². The molecule has 6 nitrogen and oxygen atoms in total.